The molecule has 2 nitrogen and oxygen atoms in total. The van der Waals surface area contributed by atoms with Gasteiger partial charge in [-0.1, -0.05) is 0 Å². The Labute approximate surface area is 73.2 Å². The minimum absolute atomic E-state index is 0.0484. The third kappa shape index (κ3) is 1.91. The second kappa shape index (κ2) is 2.90. The largest absolute Gasteiger partial charge is 0.618 e. The number of hydrogen-bond acceptors (Lipinski definition) is 1. The van der Waals surface area contributed by atoms with Gasteiger partial charge < -0.3 is 5.21 Å². The monoisotopic (exact) mass is 191 g/mol. The van der Waals surface area contributed by atoms with Gasteiger partial charge in [0.05, 0.1) is 5.56 Å². The van der Waals surface area contributed by atoms with E-state index in [1.54, 1.807) is 0 Å². The summed E-state index contributed by atoms with van der Waals surface area (Å²) in [6, 6.07) is 1.67. The third-order valence-corrected chi connectivity index (χ3v) is 1.70. The van der Waals surface area contributed by atoms with Gasteiger partial charge in [-0.3, -0.25) is 0 Å². The van der Waals surface area contributed by atoms with Gasteiger partial charge >= 0.3 is 6.18 Å². The van der Waals surface area contributed by atoms with Crippen LogP contribution in [0.1, 0.15) is 17.0 Å². The Hall–Kier alpha value is -1.26. The van der Waals surface area contributed by atoms with E-state index >= 15 is 0 Å². The lowest BCUT2D eigenvalue weighted by Crippen LogP contribution is -2.34. The molecule has 0 aliphatic carbocycles. The van der Waals surface area contributed by atoms with E-state index in [9.17, 15) is 18.4 Å². The third-order valence-electron chi connectivity index (χ3n) is 1.70. The lowest BCUT2D eigenvalue weighted by molar-refractivity contribution is -0.619. The lowest BCUT2D eigenvalue weighted by atomic mass is 10.2. The van der Waals surface area contributed by atoms with Crippen molar-refractivity contribution in [3.8, 4) is 0 Å². The average Bonchev–Trinajstić information content (AvgIpc) is 1.97. The number of halogens is 3. The van der Waals surface area contributed by atoms with Crippen LogP contribution in [-0.4, -0.2) is 0 Å². The maximum absolute atomic E-state index is 12.2. The van der Waals surface area contributed by atoms with Crippen LogP contribution in [0.15, 0.2) is 12.1 Å². The van der Waals surface area contributed by atoms with Crippen LogP contribution in [0.5, 0.6) is 0 Å². The zero-order valence-electron chi connectivity index (χ0n) is 7.14. The van der Waals surface area contributed by atoms with Gasteiger partial charge in [0.1, 0.15) is 0 Å². The first-order chi connectivity index (χ1) is 5.82. The molecule has 0 saturated carbocycles. The number of alkyl halides is 3. The maximum Gasteiger partial charge on any atom is 0.416 e. The summed E-state index contributed by atoms with van der Waals surface area (Å²) >= 11 is 0. The van der Waals surface area contributed by atoms with E-state index in [0.29, 0.717) is 4.73 Å². The topological polar surface area (TPSA) is 26.9 Å². The normalized spacial score (nSPS) is 11.8. The van der Waals surface area contributed by atoms with Gasteiger partial charge in [-0.15, -0.1) is 0 Å². The van der Waals surface area contributed by atoms with E-state index in [1.165, 1.54) is 13.8 Å². The summed E-state index contributed by atoms with van der Waals surface area (Å²) in [5.74, 6) is 0. The van der Waals surface area contributed by atoms with Crippen LogP contribution in [-0.2, 0) is 6.18 Å². The number of nitrogens with zero attached hydrogens (tertiary/aromatic N) is 1. The van der Waals surface area contributed by atoms with Gasteiger partial charge in [-0.25, -0.2) is 0 Å². The van der Waals surface area contributed by atoms with Crippen molar-refractivity contribution in [1.29, 1.82) is 0 Å². The fourth-order valence-electron chi connectivity index (χ4n) is 1.05. The Balaban J connectivity index is 3.29. The molecule has 13 heavy (non-hydrogen) atoms. The molecule has 5 heteroatoms. The fraction of sp³-hybridized carbons (Fsp3) is 0.375. The highest BCUT2D eigenvalue weighted by atomic mass is 19.4. The van der Waals surface area contributed by atoms with Gasteiger partial charge in [0.25, 0.3) is 0 Å². The van der Waals surface area contributed by atoms with E-state index in [2.05, 4.69) is 0 Å². The van der Waals surface area contributed by atoms with Crippen LogP contribution in [0.4, 0.5) is 13.2 Å². The van der Waals surface area contributed by atoms with Gasteiger partial charge in [0.2, 0.25) is 0 Å². The highest BCUT2D eigenvalue weighted by Gasteiger charge is 2.32. The summed E-state index contributed by atoms with van der Waals surface area (Å²) in [4.78, 5) is 0. The molecule has 72 valence electrons. The van der Waals surface area contributed by atoms with Crippen molar-refractivity contribution < 1.29 is 17.9 Å². The lowest BCUT2D eigenvalue weighted by Gasteiger charge is -2.09. The summed E-state index contributed by atoms with van der Waals surface area (Å²) in [5, 5.41) is 11.0. The smallest absolute Gasteiger partial charge is 0.416 e. The molecule has 0 N–H and O–H groups in total. The molecule has 1 heterocycles. The van der Waals surface area contributed by atoms with Gasteiger partial charge in [0, 0.05) is 26.0 Å². The Morgan fingerprint density at radius 3 is 1.85 bits per heavy atom. The Kier molecular flexibility index (Phi) is 2.19. The summed E-state index contributed by atoms with van der Waals surface area (Å²) < 4.78 is 37.0. The minimum Gasteiger partial charge on any atom is -0.618 e. The number of pyridine rings is 1. The number of rotatable bonds is 0. The van der Waals surface area contributed by atoms with Crippen molar-refractivity contribution in [3.05, 3.63) is 34.3 Å². The van der Waals surface area contributed by atoms with Crippen LogP contribution < -0.4 is 4.73 Å². The highest BCUT2D eigenvalue weighted by molar-refractivity contribution is 5.19. The quantitative estimate of drug-likeness (QED) is 0.455. The van der Waals surface area contributed by atoms with E-state index in [4.69, 9.17) is 0 Å². The van der Waals surface area contributed by atoms with E-state index < -0.39 is 11.7 Å². The molecule has 0 saturated heterocycles. The number of hydrogen-bond donors (Lipinski definition) is 0. The predicted octanol–water partition coefficient (Wildman–Crippen LogP) is 1.96. The van der Waals surface area contributed by atoms with Crippen molar-refractivity contribution in [2.24, 2.45) is 0 Å². The fourth-order valence-corrected chi connectivity index (χ4v) is 1.05. The first-order valence-corrected chi connectivity index (χ1v) is 3.60. The van der Waals surface area contributed by atoms with Crippen LogP contribution in [0.2, 0.25) is 0 Å². The number of aryl methyl sites for hydroxylation is 2. The molecule has 1 aromatic heterocycles. The molecule has 0 spiro atoms. The molecule has 0 fully saturated rings. The molecule has 0 aromatic carbocycles. The molecule has 0 unspecified atom stereocenters. The van der Waals surface area contributed by atoms with Crippen LogP contribution in [0, 0.1) is 19.1 Å². The molecular weight excluding hydrogens is 183 g/mol. The highest BCUT2D eigenvalue weighted by Crippen LogP contribution is 2.29. The zero-order valence-corrected chi connectivity index (χ0v) is 7.14. The second-order valence-electron chi connectivity index (χ2n) is 2.82. The van der Waals surface area contributed by atoms with Gasteiger partial charge in [-0.2, -0.15) is 17.9 Å². The summed E-state index contributed by atoms with van der Waals surface area (Å²) in [5.41, 5.74) is -0.686. The molecule has 1 rings (SSSR count). The van der Waals surface area contributed by atoms with E-state index in [0.717, 1.165) is 12.1 Å². The zero-order chi connectivity index (χ0) is 10.2. The summed E-state index contributed by atoms with van der Waals surface area (Å²) in [7, 11) is 0. The van der Waals surface area contributed by atoms with Crippen molar-refractivity contribution in [1.82, 2.24) is 0 Å². The van der Waals surface area contributed by atoms with Gasteiger partial charge in [-0.05, 0) is 0 Å². The van der Waals surface area contributed by atoms with Crippen molar-refractivity contribution >= 4 is 0 Å². The molecule has 0 atom stereocenters. The molecule has 0 aliphatic heterocycles. The van der Waals surface area contributed by atoms with Crippen molar-refractivity contribution in [2.45, 2.75) is 20.0 Å². The van der Waals surface area contributed by atoms with Gasteiger partial charge in [0.15, 0.2) is 11.4 Å². The van der Waals surface area contributed by atoms with E-state index in [1.807, 2.05) is 0 Å². The predicted molar refractivity (Wildman–Crippen MR) is 39.9 cm³/mol. The Morgan fingerprint density at radius 2 is 1.54 bits per heavy atom. The second-order valence-corrected chi connectivity index (χ2v) is 2.82. The molecule has 1 aromatic rings. The molecule has 0 radical (unpaired) electrons. The Bertz CT molecular complexity index is 310. The average molecular weight is 191 g/mol. The number of aromatic nitrogens is 1. The van der Waals surface area contributed by atoms with Crippen LogP contribution in [0.3, 0.4) is 0 Å². The SMILES string of the molecule is Cc1cc(C(F)(F)F)cc(C)[n+]1[O-]. The minimum atomic E-state index is -4.39. The van der Waals surface area contributed by atoms with Crippen LogP contribution >= 0.6 is 0 Å². The summed E-state index contributed by atoms with van der Waals surface area (Å²) in [6.45, 7) is 2.68. The standard InChI is InChI=1S/C8H8F3NO/c1-5-3-7(8(9,10)11)4-6(2)12(5)13/h3-4H,1-2H3. The molecule has 0 bridgehead atoms. The van der Waals surface area contributed by atoms with Crippen LogP contribution in [0.25, 0.3) is 0 Å². The summed E-state index contributed by atoms with van der Waals surface area (Å²) in [6.07, 6.45) is -4.39. The Morgan fingerprint density at radius 1 is 1.15 bits per heavy atom. The molecule has 0 aliphatic rings. The van der Waals surface area contributed by atoms with E-state index in [-0.39, 0.29) is 11.4 Å². The first kappa shape index (κ1) is 9.83. The van der Waals surface area contributed by atoms with Crippen molar-refractivity contribution in [3.63, 3.8) is 0 Å². The first-order valence-electron chi connectivity index (χ1n) is 3.60. The molecular formula is C8H8F3NO. The van der Waals surface area contributed by atoms with Crippen molar-refractivity contribution in [2.75, 3.05) is 0 Å². The maximum atomic E-state index is 12.2. The molecule has 0 amide bonds.